The number of pyridine rings is 1. The SMILES string of the molecule is C=CCCCCC[C@H](NC(=O)OC(C)(C)C)C(=O)N1C[C@@]2(CCc3c(c(C)nc4ccc(OC(F)(F)F)cc34)O2)C[C@H]1C(=O)OC. The Labute approximate surface area is 266 Å². The summed E-state index contributed by atoms with van der Waals surface area (Å²) in [5.41, 5.74) is -0.0987. The monoisotopic (exact) mass is 649 g/mol. The lowest BCUT2D eigenvalue weighted by atomic mass is 9.87. The minimum Gasteiger partial charge on any atom is -0.483 e. The fourth-order valence-electron chi connectivity index (χ4n) is 6.13. The third kappa shape index (κ3) is 8.41. The van der Waals surface area contributed by atoms with Crippen LogP contribution in [0.5, 0.6) is 11.5 Å². The molecule has 3 heterocycles. The first kappa shape index (κ1) is 34.8. The number of esters is 1. The van der Waals surface area contributed by atoms with E-state index < -0.39 is 47.6 Å². The summed E-state index contributed by atoms with van der Waals surface area (Å²) in [4.78, 5) is 45.9. The second-order valence-corrected chi connectivity index (χ2v) is 12.9. The number of carbonyl (C=O) groups excluding carboxylic acids is 3. The number of aromatic nitrogens is 1. The fraction of sp³-hybridized carbons (Fsp3) is 0.576. The largest absolute Gasteiger partial charge is 0.573 e. The van der Waals surface area contributed by atoms with Crippen LogP contribution in [0, 0.1) is 6.92 Å². The number of ether oxygens (including phenoxy) is 4. The average Bonchev–Trinajstić information content (AvgIpc) is 3.33. The van der Waals surface area contributed by atoms with E-state index >= 15 is 0 Å². The molecule has 1 saturated heterocycles. The zero-order chi connectivity index (χ0) is 33.9. The van der Waals surface area contributed by atoms with E-state index in [0.29, 0.717) is 53.6 Å². The van der Waals surface area contributed by atoms with Gasteiger partial charge >= 0.3 is 18.4 Å². The lowest BCUT2D eigenvalue weighted by molar-refractivity contribution is -0.274. The number of unbranched alkanes of at least 4 members (excludes halogenated alkanes) is 3. The van der Waals surface area contributed by atoms with Gasteiger partial charge in [0.25, 0.3) is 0 Å². The van der Waals surface area contributed by atoms with Crippen molar-refractivity contribution in [1.29, 1.82) is 0 Å². The number of fused-ring (bicyclic) bond motifs is 3. The Bertz CT molecular complexity index is 1470. The first-order valence-corrected chi connectivity index (χ1v) is 15.4. The van der Waals surface area contributed by atoms with Crippen molar-refractivity contribution < 1.29 is 46.5 Å². The molecule has 1 fully saturated rings. The van der Waals surface area contributed by atoms with Crippen LogP contribution >= 0.6 is 0 Å². The van der Waals surface area contributed by atoms with Gasteiger partial charge < -0.3 is 29.2 Å². The summed E-state index contributed by atoms with van der Waals surface area (Å²) in [7, 11) is 1.24. The molecule has 10 nitrogen and oxygen atoms in total. The van der Waals surface area contributed by atoms with Crippen molar-refractivity contribution >= 4 is 28.9 Å². The number of alkyl carbamates (subject to hydrolysis) is 1. The Morgan fingerprint density at radius 1 is 1.22 bits per heavy atom. The molecule has 4 rings (SSSR count). The number of likely N-dealkylation sites (tertiary alicyclic amines) is 1. The van der Waals surface area contributed by atoms with Crippen molar-refractivity contribution in [1.82, 2.24) is 15.2 Å². The highest BCUT2D eigenvalue weighted by molar-refractivity contribution is 5.91. The molecule has 46 heavy (non-hydrogen) atoms. The molecule has 2 aliphatic heterocycles. The molecule has 13 heteroatoms. The van der Waals surface area contributed by atoms with E-state index in [9.17, 15) is 27.6 Å². The Hall–Kier alpha value is -4.03. The number of nitrogens with zero attached hydrogens (tertiary/aromatic N) is 2. The molecule has 1 N–H and O–H groups in total. The number of nitrogens with one attached hydrogen (secondary N) is 1. The van der Waals surface area contributed by atoms with Crippen molar-refractivity contribution in [3.63, 3.8) is 0 Å². The van der Waals surface area contributed by atoms with Gasteiger partial charge in [-0.25, -0.2) is 14.6 Å². The van der Waals surface area contributed by atoms with Gasteiger partial charge in [0.15, 0.2) is 0 Å². The topological polar surface area (TPSA) is 116 Å². The van der Waals surface area contributed by atoms with E-state index in [0.717, 1.165) is 19.3 Å². The van der Waals surface area contributed by atoms with Crippen LogP contribution in [-0.2, 0) is 25.5 Å². The molecule has 0 saturated carbocycles. The molecule has 3 atom stereocenters. The van der Waals surface area contributed by atoms with Gasteiger partial charge in [-0.3, -0.25) is 4.79 Å². The second kappa shape index (κ2) is 13.8. The molecule has 1 aromatic carbocycles. The summed E-state index contributed by atoms with van der Waals surface area (Å²) < 4.78 is 60.0. The minimum atomic E-state index is -4.85. The smallest absolute Gasteiger partial charge is 0.483 e. The van der Waals surface area contributed by atoms with Crippen molar-refractivity contribution in [3.8, 4) is 11.5 Å². The van der Waals surface area contributed by atoms with Crippen LogP contribution in [0.4, 0.5) is 18.0 Å². The predicted molar refractivity (Wildman–Crippen MR) is 163 cm³/mol. The van der Waals surface area contributed by atoms with Gasteiger partial charge in [0.05, 0.1) is 24.9 Å². The highest BCUT2D eigenvalue weighted by Gasteiger charge is 2.53. The van der Waals surface area contributed by atoms with Crippen LogP contribution in [0.2, 0.25) is 0 Å². The van der Waals surface area contributed by atoms with Gasteiger partial charge in [0.2, 0.25) is 5.91 Å². The first-order valence-electron chi connectivity index (χ1n) is 15.4. The quantitative estimate of drug-likeness (QED) is 0.181. The number of methoxy groups -OCH3 is 1. The second-order valence-electron chi connectivity index (χ2n) is 12.9. The van der Waals surface area contributed by atoms with E-state index in [1.165, 1.54) is 30.2 Å². The van der Waals surface area contributed by atoms with Gasteiger partial charge in [0, 0.05) is 17.4 Å². The number of carbonyl (C=O) groups is 3. The Morgan fingerprint density at radius 2 is 1.96 bits per heavy atom. The maximum Gasteiger partial charge on any atom is 0.573 e. The highest BCUT2D eigenvalue weighted by Crippen LogP contribution is 2.45. The van der Waals surface area contributed by atoms with Gasteiger partial charge in [-0.15, -0.1) is 19.8 Å². The normalized spacial score (nSPS) is 20.1. The first-order chi connectivity index (χ1) is 21.5. The fourth-order valence-corrected chi connectivity index (χ4v) is 6.13. The summed E-state index contributed by atoms with van der Waals surface area (Å²) in [5, 5.41) is 3.17. The zero-order valence-electron chi connectivity index (χ0n) is 26.9. The van der Waals surface area contributed by atoms with Crippen LogP contribution in [0.15, 0.2) is 30.9 Å². The number of aryl methyl sites for hydroxylation is 2. The number of halogens is 3. The molecule has 0 bridgehead atoms. The van der Waals surface area contributed by atoms with Crippen LogP contribution in [0.3, 0.4) is 0 Å². The lowest BCUT2D eigenvalue weighted by Gasteiger charge is -2.36. The van der Waals surface area contributed by atoms with Crippen molar-refractivity contribution in [2.45, 2.75) is 109 Å². The minimum absolute atomic E-state index is 0.0305. The molecule has 2 aromatic rings. The Morgan fingerprint density at radius 3 is 2.61 bits per heavy atom. The standard InChI is InChI=1S/C33H42F3N3O7/c1-7-8-9-10-11-12-25(38-30(42)46-31(3,4)5)28(40)39-19-32(18-26(39)29(41)43-6)16-15-22-23-17-21(44-33(34,35)36)13-14-24(23)37-20(2)27(22)45-32/h7,13-14,17,25-26H,1,8-12,15-16,18-19H2,2-6H3,(H,38,42)/t25-,26-,32+/m0/s1. The molecular weight excluding hydrogens is 607 g/mol. The maximum atomic E-state index is 14.1. The van der Waals surface area contributed by atoms with Gasteiger partial charge in [0.1, 0.15) is 34.8 Å². The predicted octanol–water partition coefficient (Wildman–Crippen LogP) is 6.31. The molecule has 0 aliphatic carbocycles. The Balaban J connectivity index is 1.62. The summed E-state index contributed by atoms with van der Waals surface area (Å²) in [6, 6.07) is 2.02. The van der Waals surface area contributed by atoms with Crippen molar-refractivity contribution in [3.05, 3.63) is 42.1 Å². The molecule has 0 unspecified atom stereocenters. The summed E-state index contributed by atoms with van der Waals surface area (Å²) in [6.45, 7) is 10.7. The molecule has 2 amide bonds. The molecule has 0 radical (unpaired) electrons. The van der Waals surface area contributed by atoms with E-state index in [-0.39, 0.29) is 18.7 Å². The third-order valence-corrected chi connectivity index (χ3v) is 8.11. The summed E-state index contributed by atoms with van der Waals surface area (Å²) in [5.74, 6) is -1.06. The zero-order valence-corrected chi connectivity index (χ0v) is 26.9. The van der Waals surface area contributed by atoms with Crippen molar-refractivity contribution in [2.75, 3.05) is 13.7 Å². The lowest BCUT2D eigenvalue weighted by Crippen LogP contribution is -2.53. The van der Waals surface area contributed by atoms with Crippen LogP contribution < -0.4 is 14.8 Å². The number of amides is 2. The van der Waals surface area contributed by atoms with E-state index in [1.54, 1.807) is 27.7 Å². The van der Waals surface area contributed by atoms with Crippen LogP contribution in [0.25, 0.3) is 10.9 Å². The number of hydrogen-bond acceptors (Lipinski definition) is 8. The average molecular weight is 650 g/mol. The molecule has 252 valence electrons. The van der Waals surface area contributed by atoms with Gasteiger partial charge in [-0.2, -0.15) is 0 Å². The van der Waals surface area contributed by atoms with E-state index in [1.807, 2.05) is 6.08 Å². The molecular formula is C33H42F3N3O7. The molecule has 1 aromatic heterocycles. The summed E-state index contributed by atoms with van der Waals surface area (Å²) >= 11 is 0. The van der Waals surface area contributed by atoms with E-state index in [4.69, 9.17) is 14.2 Å². The van der Waals surface area contributed by atoms with E-state index in [2.05, 4.69) is 21.6 Å². The van der Waals surface area contributed by atoms with Crippen LogP contribution in [-0.4, -0.2) is 71.2 Å². The number of rotatable bonds is 10. The van der Waals surface area contributed by atoms with Crippen molar-refractivity contribution in [2.24, 2.45) is 0 Å². The third-order valence-electron chi connectivity index (χ3n) is 8.11. The number of benzene rings is 1. The highest BCUT2D eigenvalue weighted by atomic mass is 19.4. The van der Waals surface area contributed by atoms with Gasteiger partial charge in [-0.1, -0.05) is 18.9 Å². The maximum absolute atomic E-state index is 14.1. The number of alkyl halides is 3. The number of hydrogen-bond donors (Lipinski definition) is 1. The number of allylic oxidation sites excluding steroid dienone is 1. The Kier molecular flexibility index (Phi) is 10.4. The molecule has 1 spiro atoms. The summed E-state index contributed by atoms with van der Waals surface area (Å²) in [6.07, 6.45) is 0.604. The molecule has 2 aliphatic rings. The van der Waals surface area contributed by atoms with Gasteiger partial charge in [-0.05, 0) is 78.0 Å². The van der Waals surface area contributed by atoms with Crippen LogP contribution in [0.1, 0.15) is 77.0 Å².